The van der Waals surface area contributed by atoms with E-state index < -0.39 is 10.0 Å². The first-order valence-electron chi connectivity index (χ1n) is 7.29. The predicted octanol–water partition coefficient (Wildman–Crippen LogP) is 2.37. The van der Waals surface area contributed by atoms with E-state index in [0.717, 1.165) is 32.2 Å². The summed E-state index contributed by atoms with van der Waals surface area (Å²) in [5.74, 6) is 0.491. The summed E-state index contributed by atoms with van der Waals surface area (Å²) in [6, 6.07) is 3.59. The maximum atomic E-state index is 12.4. The molecule has 1 saturated carbocycles. The minimum absolute atomic E-state index is 0.0842. The number of nitrogens with one attached hydrogen (secondary N) is 2. The Bertz CT molecular complexity index is 545. The molecule has 1 fully saturated rings. The second kappa shape index (κ2) is 6.54. The van der Waals surface area contributed by atoms with E-state index in [4.69, 9.17) is 0 Å². The van der Waals surface area contributed by atoms with E-state index in [2.05, 4.69) is 21.9 Å². The third-order valence-corrected chi connectivity index (χ3v) is 4.93. The number of hydrogen-bond donors (Lipinski definition) is 2. The van der Waals surface area contributed by atoms with Crippen LogP contribution in [0.3, 0.4) is 0 Å². The van der Waals surface area contributed by atoms with Crippen LogP contribution >= 0.6 is 0 Å². The number of aromatic nitrogens is 1. The highest BCUT2D eigenvalue weighted by Gasteiger charge is 2.40. The van der Waals surface area contributed by atoms with Crippen LogP contribution < -0.4 is 10.0 Å². The molecule has 6 heteroatoms. The Morgan fingerprint density at radius 3 is 2.85 bits per heavy atom. The van der Waals surface area contributed by atoms with Crippen molar-refractivity contribution in [1.82, 2.24) is 9.71 Å². The van der Waals surface area contributed by atoms with Gasteiger partial charge in [0, 0.05) is 18.8 Å². The number of anilines is 1. The summed E-state index contributed by atoms with van der Waals surface area (Å²) in [6.45, 7) is 4.89. The maximum Gasteiger partial charge on any atom is 0.260 e. The topological polar surface area (TPSA) is 71.1 Å². The Hall–Kier alpha value is -1.14. The van der Waals surface area contributed by atoms with E-state index in [1.54, 1.807) is 12.1 Å². The van der Waals surface area contributed by atoms with Crippen molar-refractivity contribution in [3.8, 4) is 0 Å². The molecule has 1 aliphatic carbocycles. The third-order valence-electron chi connectivity index (χ3n) is 3.48. The van der Waals surface area contributed by atoms with E-state index in [-0.39, 0.29) is 11.1 Å². The van der Waals surface area contributed by atoms with Gasteiger partial charge < -0.3 is 5.32 Å². The molecular weight excluding hydrogens is 274 g/mol. The smallest absolute Gasteiger partial charge is 0.260 e. The normalized spacial score (nSPS) is 21.7. The minimum atomic E-state index is -3.53. The first-order chi connectivity index (χ1) is 9.58. The molecule has 0 spiro atoms. The summed E-state index contributed by atoms with van der Waals surface area (Å²) in [4.78, 5) is 4.04. The van der Waals surface area contributed by atoms with E-state index in [1.165, 1.54) is 6.20 Å². The highest BCUT2D eigenvalue weighted by atomic mass is 32.2. The molecule has 1 aliphatic rings. The van der Waals surface area contributed by atoms with Gasteiger partial charge >= 0.3 is 0 Å². The predicted molar refractivity (Wildman–Crippen MR) is 80.1 cm³/mol. The second-order valence-electron chi connectivity index (χ2n) is 5.30. The third kappa shape index (κ3) is 3.70. The number of rotatable bonds is 8. The molecule has 2 unspecified atom stereocenters. The van der Waals surface area contributed by atoms with E-state index >= 15 is 0 Å². The first-order valence-corrected chi connectivity index (χ1v) is 8.78. The van der Waals surface area contributed by atoms with Gasteiger partial charge in [0.1, 0.15) is 0 Å². The van der Waals surface area contributed by atoms with Crippen LogP contribution in [0.25, 0.3) is 0 Å². The Morgan fingerprint density at radius 2 is 2.15 bits per heavy atom. The van der Waals surface area contributed by atoms with Crippen molar-refractivity contribution in [3.63, 3.8) is 0 Å². The summed E-state index contributed by atoms with van der Waals surface area (Å²) in [5.41, 5.74) is 0.578. The van der Waals surface area contributed by atoms with Crippen LogP contribution in [0.4, 0.5) is 5.69 Å². The number of sulfonamides is 1. The standard InChI is InChI=1S/C14H23N3O2S/c1-3-6-11-10-13(11)17-20(18,19)14-12(15-8-4-2)7-5-9-16-14/h5,7,9,11,13,15,17H,3-4,6,8,10H2,1-2H3. The van der Waals surface area contributed by atoms with Gasteiger partial charge in [-0.1, -0.05) is 20.3 Å². The average Bonchev–Trinajstić information content (AvgIpc) is 3.14. The average molecular weight is 297 g/mol. The molecule has 0 amide bonds. The zero-order valence-corrected chi connectivity index (χ0v) is 12.9. The molecule has 0 aromatic carbocycles. The molecule has 20 heavy (non-hydrogen) atoms. The molecular formula is C14H23N3O2S. The Kier molecular flexibility index (Phi) is 4.99. The van der Waals surface area contributed by atoms with Crippen LogP contribution in [-0.2, 0) is 10.0 Å². The van der Waals surface area contributed by atoms with Crippen molar-refractivity contribution in [2.24, 2.45) is 5.92 Å². The lowest BCUT2D eigenvalue weighted by Crippen LogP contribution is -2.28. The summed E-state index contributed by atoms with van der Waals surface area (Å²) in [7, 11) is -3.53. The van der Waals surface area contributed by atoms with Crippen LogP contribution in [0.2, 0.25) is 0 Å². The highest BCUT2D eigenvalue weighted by Crippen LogP contribution is 2.36. The highest BCUT2D eigenvalue weighted by molar-refractivity contribution is 7.89. The quantitative estimate of drug-likeness (QED) is 0.773. The minimum Gasteiger partial charge on any atom is -0.383 e. The van der Waals surface area contributed by atoms with Crippen LogP contribution in [0.5, 0.6) is 0 Å². The largest absolute Gasteiger partial charge is 0.383 e. The van der Waals surface area contributed by atoms with Crippen molar-refractivity contribution in [1.29, 1.82) is 0 Å². The second-order valence-corrected chi connectivity index (χ2v) is 6.92. The molecule has 2 atom stereocenters. The number of pyridine rings is 1. The molecule has 1 aromatic heterocycles. The Morgan fingerprint density at radius 1 is 1.35 bits per heavy atom. The zero-order chi connectivity index (χ0) is 14.6. The number of nitrogens with zero attached hydrogens (tertiary/aromatic N) is 1. The fourth-order valence-corrected chi connectivity index (χ4v) is 3.76. The molecule has 5 nitrogen and oxygen atoms in total. The van der Waals surface area contributed by atoms with E-state index in [1.807, 2.05) is 6.92 Å². The molecule has 1 aromatic rings. The van der Waals surface area contributed by atoms with Crippen molar-refractivity contribution in [3.05, 3.63) is 18.3 Å². The van der Waals surface area contributed by atoms with Crippen LogP contribution in [0.15, 0.2) is 23.4 Å². The molecule has 2 rings (SSSR count). The first kappa shape index (κ1) is 15.3. The molecule has 0 bridgehead atoms. The molecule has 1 heterocycles. The van der Waals surface area contributed by atoms with Gasteiger partial charge in [0.2, 0.25) is 0 Å². The van der Waals surface area contributed by atoms with E-state index in [9.17, 15) is 8.42 Å². The van der Waals surface area contributed by atoms with Gasteiger partial charge in [0.05, 0.1) is 5.69 Å². The SMILES string of the molecule is CCCNc1cccnc1S(=O)(=O)NC1CC1CCC. The lowest BCUT2D eigenvalue weighted by Gasteiger charge is -2.11. The Labute approximate surface area is 121 Å². The lowest BCUT2D eigenvalue weighted by atomic mass is 10.2. The molecule has 2 N–H and O–H groups in total. The van der Waals surface area contributed by atoms with Gasteiger partial charge in [-0.15, -0.1) is 0 Å². The monoisotopic (exact) mass is 297 g/mol. The van der Waals surface area contributed by atoms with Crippen molar-refractivity contribution in [2.75, 3.05) is 11.9 Å². The van der Waals surface area contributed by atoms with Crippen molar-refractivity contribution in [2.45, 2.75) is 50.6 Å². The zero-order valence-electron chi connectivity index (χ0n) is 12.1. The van der Waals surface area contributed by atoms with Gasteiger partial charge in [-0.25, -0.2) is 18.1 Å². The molecule has 0 saturated heterocycles. The summed E-state index contributed by atoms with van der Waals surface area (Å²) in [5, 5.41) is 3.22. The van der Waals surface area contributed by atoms with Gasteiger partial charge in [-0.2, -0.15) is 0 Å². The number of hydrogen-bond acceptors (Lipinski definition) is 4. The molecule has 0 aliphatic heterocycles. The Balaban J connectivity index is 2.09. The van der Waals surface area contributed by atoms with Crippen molar-refractivity contribution >= 4 is 15.7 Å². The summed E-state index contributed by atoms with van der Waals surface area (Å²) < 4.78 is 27.6. The van der Waals surface area contributed by atoms with Crippen LogP contribution in [0.1, 0.15) is 39.5 Å². The van der Waals surface area contributed by atoms with Crippen molar-refractivity contribution < 1.29 is 8.42 Å². The maximum absolute atomic E-state index is 12.4. The van der Waals surface area contributed by atoms with Gasteiger partial charge in [0.25, 0.3) is 10.0 Å². The van der Waals surface area contributed by atoms with Crippen LogP contribution in [0, 0.1) is 5.92 Å². The fourth-order valence-electron chi connectivity index (χ4n) is 2.34. The van der Waals surface area contributed by atoms with Gasteiger partial charge in [-0.05, 0) is 37.3 Å². The van der Waals surface area contributed by atoms with Gasteiger partial charge in [-0.3, -0.25) is 0 Å². The summed E-state index contributed by atoms with van der Waals surface area (Å²) >= 11 is 0. The molecule has 0 radical (unpaired) electrons. The van der Waals surface area contributed by atoms with Crippen LogP contribution in [-0.4, -0.2) is 26.0 Å². The van der Waals surface area contributed by atoms with E-state index in [0.29, 0.717) is 11.6 Å². The lowest BCUT2D eigenvalue weighted by molar-refractivity contribution is 0.569. The molecule has 112 valence electrons. The fraction of sp³-hybridized carbons (Fsp3) is 0.643. The summed E-state index contributed by atoms with van der Waals surface area (Å²) in [6.07, 6.45) is 5.56. The van der Waals surface area contributed by atoms with Gasteiger partial charge in [0.15, 0.2) is 5.03 Å².